The molecule has 6 nitrogen and oxygen atoms in total. The summed E-state index contributed by atoms with van der Waals surface area (Å²) in [5.41, 5.74) is 4.42. The molecular weight excluding hydrogens is 388 g/mol. The van der Waals surface area contributed by atoms with E-state index in [2.05, 4.69) is 54.3 Å². The van der Waals surface area contributed by atoms with Crippen LogP contribution >= 0.6 is 23.6 Å². The minimum Gasteiger partial charge on any atom is -0.278 e. The maximum atomic E-state index is 5.62. The van der Waals surface area contributed by atoms with E-state index in [0.717, 1.165) is 16.2 Å². The fourth-order valence-corrected chi connectivity index (χ4v) is 4.29. The van der Waals surface area contributed by atoms with Gasteiger partial charge in [0.15, 0.2) is 0 Å². The zero-order valence-corrected chi connectivity index (χ0v) is 18.0. The maximum absolute atomic E-state index is 5.62. The first-order chi connectivity index (χ1) is 13.4. The molecule has 0 saturated heterocycles. The normalized spacial score (nSPS) is 12.8. The van der Waals surface area contributed by atoms with Crippen molar-refractivity contribution in [1.29, 1.82) is 0 Å². The Labute approximate surface area is 173 Å². The Bertz CT molecular complexity index is 1160. The fourth-order valence-electron chi connectivity index (χ4n) is 2.97. The van der Waals surface area contributed by atoms with Gasteiger partial charge in [-0.05, 0) is 85.9 Å². The first-order valence-corrected chi connectivity index (χ1v) is 10.3. The number of tetrazole rings is 1. The topological polar surface area (TPSA) is 51.8 Å². The first kappa shape index (κ1) is 18.9. The summed E-state index contributed by atoms with van der Waals surface area (Å²) in [6.07, 6.45) is 0. The highest BCUT2D eigenvalue weighted by Crippen LogP contribution is 2.29. The Morgan fingerprint density at radius 1 is 1.11 bits per heavy atom. The SMILES string of the molecule is Cc1ccc(-n2nnn(CN(C)[C@H](C)c3nc4ccccc4s3)c2=S)cc1C. The van der Waals surface area contributed by atoms with Gasteiger partial charge in [0.1, 0.15) is 5.01 Å². The molecule has 0 fully saturated rings. The Morgan fingerprint density at radius 3 is 2.64 bits per heavy atom. The van der Waals surface area contributed by atoms with Gasteiger partial charge in [0, 0.05) is 0 Å². The standard InChI is InChI=1S/C20H22N6S2/c1-13-9-10-16(11-14(13)2)26-20(27)25(22-23-26)12-24(4)15(3)19-21-17-7-5-6-8-18(17)28-19/h5-11,15H,12H2,1-4H3/t15-/m1/s1. The summed E-state index contributed by atoms with van der Waals surface area (Å²) in [5.74, 6) is 0. The molecule has 2 aromatic heterocycles. The van der Waals surface area contributed by atoms with Crippen LogP contribution < -0.4 is 0 Å². The van der Waals surface area contributed by atoms with Crippen LogP contribution in [-0.4, -0.2) is 36.7 Å². The van der Waals surface area contributed by atoms with Crippen LogP contribution in [0.5, 0.6) is 0 Å². The molecule has 0 N–H and O–H groups in total. The van der Waals surface area contributed by atoms with Gasteiger partial charge in [0.25, 0.3) is 0 Å². The van der Waals surface area contributed by atoms with Crippen LogP contribution in [0.1, 0.15) is 29.1 Å². The Hall–Kier alpha value is -2.42. The van der Waals surface area contributed by atoms with Gasteiger partial charge >= 0.3 is 0 Å². The lowest BCUT2D eigenvalue weighted by Gasteiger charge is -2.22. The maximum Gasteiger partial charge on any atom is 0.221 e. The largest absolute Gasteiger partial charge is 0.278 e. The van der Waals surface area contributed by atoms with E-state index in [1.807, 2.05) is 31.3 Å². The monoisotopic (exact) mass is 410 g/mol. The second-order valence-electron chi connectivity index (χ2n) is 7.04. The van der Waals surface area contributed by atoms with Crippen molar-refractivity contribution in [3.63, 3.8) is 0 Å². The van der Waals surface area contributed by atoms with Gasteiger partial charge in [-0.15, -0.1) is 11.3 Å². The van der Waals surface area contributed by atoms with E-state index in [0.29, 0.717) is 11.4 Å². The number of hydrogen-bond donors (Lipinski definition) is 0. The lowest BCUT2D eigenvalue weighted by molar-refractivity contribution is 0.193. The molecule has 0 aliphatic heterocycles. The molecule has 4 rings (SSSR count). The summed E-state index contributed by atoms with van der Waals surface area (Å²) < 4.78 is 5.23. The van der Waals surface area contributed by atoms with Gasteiger partial charge in [-0.1, -0.05) is 18.2 Å². The number of fused-ring (bicyclic) bond motifs is 1. The van der Waals surface area contributed by atoms with Gasteiger partial charge in [0.2, 0.25) is 4.77 Å². The molecule has 0 aliphatic carbocycles. The smallest absolute Gasteiger partial charge is 0.221 e. The summed E-state index contributed by atoms with van der Waals surface area (Å²) in [6, 6.07) is 14.5. The van der Waals surface area contributed by atoms with Crippen molar-refractivity contribution in [3.05, 3.63) is 63.4 Å². The first-order valence-electron chi connectivity index (χ1n) is 9.10. The van der Waals surface area contributed by atoms with Crippen molar-refractivity contribution in [1.82, 2.24) is 29.7 Å². The van der Waals surface area contributed by atoms with Gasteiger partial charge in [-0.3, -0.25) is 4.90 Å². The number of nitrogens with zero attached hydrogens (tertiary/aromatic N) is 6. The fraction of sp³-hybridized carbons (Fsp3) is 0.300. The lowest BCUT2D eigenvalue weighted by atomic mass is 10.1. The number of para-hydroxylation sites is 1. The summed E-state index contributed by atoms with van der Waals surface area (Å²) in [5, 5.41) is 9.61. The highest BCUT2D eigenvalue weighted by atomic mass is 32.1. The average molecular weight is 411 g/mol. The minimum atomic E-state index is 0.145. The minimum absolute atomic E-state index is 0.145. The van der Waals surface area contributed by atoms with Crippen LogP contribution in [0, 0.1) is 18.6 Å². The third-order valence-corrected chi connectivity index (χ3v) is 6.65. The van der Waals surface area contributed by atoms with E-state index in [1.54, 1.807) is 20.7 Å². The molecule has 28 heavy (non-hydrogen) atoms. The predicted octanol–water partition coefficient (Wildman–Crippen LogP) is 4.68. The number of hydrogen-bond acceptors (Lipinski definition) is 6. The molecule has 0 saturated carbocycles. The molecule has 4 aromatic rings. The Kier molecular flexibility index (Phi) is 5.09. The average Bonchev–Trinajstić information content (AvgIpc) is 3.27. The molecule has 2 aromatic carbocycles. The molecule has 0 unspecified atom stereocenters. The van der Waals surface area contributed by atoms with Gasteiger partial charge in [0.05, 0.1) is 28.6 Å². The third kappa shape index (κ3) is 3.50. The lowest BCUT2D eigenvalue weighted by Crippen LogP contribution is -2.26. The third-order valence-electron chi connectivity index (χ3n) is 5.06. The number of benzene rings is 2. The number of rotatable bonds is 5. The Balaban J connectivity index is 1.56. The van der Waals surface area contributed by atoms with Crippen molar-refractivity contribution in [2.45, 2.75) is 33.5 Å². The van der Waals surface area contributed by atoms with Crippen molar-refractivity contribution in [3.8, 4) is 5.69 Å². The van der Waals surface area contributed by atoms with Gasteiger partial charge in [-0.25, -0.2) is 9.67 Å². The second-order valence-corrected chi connectivity index (χ2v) is 8.46. The van der Waals surface area contributed by atoms with Gasteiger partial charge in [-0.2, -0.15) is 4.68 Å². The molecule has 2 heterocycles. The van der Waals surface area contributed by atoms with Crippen molar-refractivity contribution < 1.29 is 0 Å². The van der Waals surface area contributed by atoms with Crippen LogP contribution in [0.4, 0.5) is 0 Å². The quantitative estimate of drug-likeness (QED) is 0.447. The number of aromatic nitrogens is 5. The molecule has 1 atom stereocenters. The molecule has 0 bridgehead atoms. The molecule has 0 radical (unpaired) electrons. The second kappa shape index (κ2) is 7.54. The van der Waals surface area contributed by atoms with Crippen LogP contribution in [0.25, 0.3) is 15.9 Å². The molecule has 144 valence electrons. The Morgan fingerprint density at radius 2 is 1.89 bits per heavy atom. The van der Waals surface area contributed by atoms with Crippen LogP contribution in [0.2, 0.25) is 0 Å². The van der Waals surface area contributed by atoms with Crippen molar-refractivity contribution in [2.24, 2.45) is 0 Å². The highest BCUT2D eigenvalue weighted by Gasteiger charge is 2.18. The molecule has 0 spiro atoms. The summed E-state index contributed by atoms with van der Waals surface area (Å²) in [4.78, 5) is 6.94. The van der Waals surface area contributed by atoms with E-state index < -0.39 is 0 Å². The van der Waals surface area contributed by atoms with Crippen LogP contribution in [-0.2, 0) is 6.67 Å². The highest BCUT2D eigenvalue weighted by molar-refractivity contribution is 7.71. The zero-order valence-electron chi connectivity index (χ0n) is 16.3. The van der Waals surface area contributed by atoms with E-state index in [4.69, 9.17) is 17.2 Å². The van der Waals surface area contributed by atoms with Crippen molar-refractivity contribution >= 4 is 33.8 Å². The summed E-state index contributed by atoms with van der Waals surface area (Å²) in [6.45, 7) is 6.86. The van der Waals surface area contributed by atoms with E-state index in [-0.39, 0.29) is 6.04 Å². The summed E-state index contributed by atoms with van der Waals surface area (Å²) >= 11 is 7.34. The zero-order chi connectivity index (χ0) is 19.8. The molecule has 8 heteroatoms. The van der Waals surface area contributed by atoms with E-state index in [1.165, 1.54) is 15.8 Å². The van der Waals surface area contributed by atoms with Crippen LogP contribution in [0.3, 0.4) is 0 Å². The molecule has 0 aliphatic rings. The van der Waals surface area contributed by atoms with Gasteiger partial charge < -0.3 is 0 Å². The predicted molar refractivity (Wildman–Crippen MR) is 115 cm³/mol. The van der Waals surface area contributed by atoms with E-state index in [9.17, 15) is 0 Å². The summed E-state index contributed by atoms with van der Waals surface area (Å²) in [7, 11) is 2.05. The molecular formula is C20H22N6S2. The molecule has 0 amide bonds. The number of thiazole rings is 1. The van der Waals surface area contributed by atoms with Crippen molar-refractivity contribution in [2.75, 3.05) is 7.05 Å². The van der Waals surface area contributed by atoms with E-state index >= 15 is 0 Å². The number of aryl methyl sites for hydroxylation is 2. The van der Waals surface area contributed by atoms with Crippen LogP contribution in [0.15, 0.2) is 42.5 Å².